The highest BCUT2D eigenvalue weighted by molar-refractivity contribution is 5.76. The summed E-state index contributed by atoms with van der Waals surface area (Å²) < 4.78 is 10.8. The van der Waals surface area contributed by atoms with Crippen LogP contribution in [0, 0.1) is 5.92 Å². The molecule has 2 fully saturated rings. The SMILES string of the molecule is COc1ccc(-c2noc(C3CCCN(C(=O)CC4CCCCC4)C3)n2)cc1. The molecule has 0 radical (unpaired) electrons. The summed E-state index contributed by atoms with van der Waals surface area (Å²) in [6.07, 6.45) is 8.96. The van der Waals surface area contributed by atoms with E-state index in [9.17, 15) is 4.79 Å². The van der Waals surface area contributed by atoms with Gasteiger partial charge in [-0.15, -0.1) is 0 Å². The number of amides is 1. The summed E-state index contributed by atoms with van der Waals surface area (Å²) in [7, 11) is 1.64. The number of hydrogen-bond acceptors (Lipinski definition) is 5. The van der Waals surface area contributed by atoms with Crippen LogP contribution in [-0.2, 0) is 4.79 Å². The molecule has 1 unspecified atom stereocenters. The molecule has 2 heterocycles. The van der Waals surface area contributed by atoms with Gasteiger partial charge in [-0.25, -0.2) is 0 Å². The Hall–Kier alpha value is -2.37. The molecular formula is C22H29N3O3. The van der Waals surface area contributed by atoms with Gasteiger partial charge in [0.25, 0.3) is 0 Å². The second-order valence-electron chi connectivity index (χ2n) is 8.07. The van der Waals surface area contributed by atoms with E-state index in [-0.39, 0.29) is 5.92 Å². The maximum atomic E-state index is 12.8. The number of piperidine rings is 1. The summed E-state index contributed by atoms with van der Waals surface area (Å²) in [6, 6.07) is 7.62. The fraction of sp³-hybridized carbons (Fsp3) is 0.591. The molecule has 0 spiro atoms. The van der Waals surface area contributed by atoms with Gasteiger partial charge in [-0.05, 0) is 55.9 Å². The van der Waals surface area contributed by atoms with Crippen LogP contribution in [0.4, 0.5) is 0 Å². The molecule has 1 atom stereocenters. The highest BCUT2D eigenvalue weighted by Gasteiger charge is 2.30. The van der Waals surface area contributed by atoms with Gasteiger partial charge in [0, 0.05) is 25.1 Å². The minimum atomic E-state index is 0.128. The first-order valence-electron chi connectivity index (χ1n) is 10.5. The Labute approximate surface area is 166 Å². The van der Waals surface area contributed by atoms with Crippen molar-refractivity contribution in [3.05, 3.63) is 30.2 Å². The summed E-state index contributed by atoms with van der Waals surface area (Å²) in [5, 5.41) is 4.15. The minimum Gasteiger partial charge on any atom is -0.497 e. The molecule has 1 aromatic carbocycles. The third-order valence-corrected chi connectivity index (χ3v) is 6.10. The van der Waals surface area contributed by atoms with Gasteiger partial charge in [0.15, 0.2) is 0 Å². The van der Waals surface area contributed by atoms with Gasteiger partial charge in [0.2, 0.25) is 17.6 Å². The van der Waals surface area contributed by atoms with Crippen molar-refractivity contribution in [2.45, 2.75) is 57.3 Å². The summed E-state index contributed by atoms with van der Waals surface area (Å²) in [5.41, 5.74) is 0.900. The molecule has 6 heteroatoms. The number of hydrogen-bond donors (Lipinski definition) is 0. The molecule has 1 saturated carbocycles. The quantitative estimate of drug-likeness (QED) is 0.764. The average molecular weight is 383 g/mol. The molecule has 1 saturated heterocycles. The number of rotatable bonds is 5. The molecule has 2 aromatic rings. The van der Waals surface area contributed by atoms with Crippen molar-refractivity contribution in [2.24, 2.45) is 5.92 Å². The van der Waals surface area contributed by atoms with E-state index >= 15 is 0 Å². The predicted molar refractivity (Wildman–Crippen MR) is 106 cm³/mol. The number of likely N-dealkylation sites (tertiary alicyclic amines) is 1. The van der Waals surface area contributed by atoms with Crippen LogP contribution >= 0.6 is 0 Å². The van der Waals surface area contributed by atoms with Crippen molar-refractivity contribution in [1.29, 1.82) is 0 Å². The van der Waals surface area contributed by atoms with Gasteiger partial charge in [-0.1, -0.05) is 24.4 Å². The number of carbonyl (C=O) groups excluding carboxylic acids is 1. The highest BCUT2D eigenvalue weighted by atomic mass is 16.5. The number of methoxy groups -OCH3 is 1. The third kappa shape index (κ3) is 4.37. The van der Waals surface area contributed by atoms with Crippen LogP contribution in [0.15, 0.2) is 28.8 Å². The van der Waals surface area contributed by atoms with E-state index in [1.54, 1.807) is 7.11 Å². The average Bonchev–Trinajstić information content (AvgIpc) is 3.25. The van der Waals surface area contributed by atoms with E-state index in [1.165, 1.54) is 32.1 Å². The number of aromatic nitrogens is 2. The summed E-state index contributed by atoms with van der Waals surface area (Å²) in [6.45, 7) is 1.54. The first-order chi connectivity index (χ1) is 13.7. The number of benzene rings is 1. The maximum Gasteiger partial charge on any atom is 0.231 e. The van der Waals surface area contributed by atoms with Gasteiger partial charge in [-0.2, -0.15) is 4.98 Å². The lowest BCUT2D eigenvalue weighted by Crippen LogP contribution is -2.40. The van der Waals surface area contributed by atoms with Crippen LogP contribution in [0.25, 0.3) is 11.4 Å². The van der Waals surface area contributed by atoms with E-state index < -0.39 is 0 Å². The summed E-state index contributed by atoms with van der Waals surface area (Å²) in [5.74, 6) is 3.03. The van der Waals surface area contributed by atoms with E-state index in [2.05, 4.69) is 10.1 Å². The number of carbonyl (C=O) groups is 1. The second kappa shape index (κ2) is 8.76. The zero-order valence-electron chi connectivity index (χ0n) is 16.6. The topological polar surface area (TPSA) is 68.5 Å². The lowest BCUT2D eigenvalue weighted by atomic mass is 9.86. The number of ether oxygens (including phenoxy) is 1. The van der Waals surface area contributed by atoms with Crippen molar-refractivity contribution in [3.63, 3.8) is 0 Å². The molecule has 4 rings (SSSR count). The van der Waals surface area contributed by atoms with Crippen molar-refractivity contribution in [1.82, 2.24) is 15.0 Å². The van der Waals surface area contributed by atoms with Crippen LogP contribution in [0.2, 0.25) is 0 Å². The molecule has 1 aromatic heterocycles. The molecule has 1 aliphatic carbocycles. The normalized spacial score (nSPS) is 20.9. The molecule has 0 bridgehead atoms. The first kappa shape index (κ1) is 19.0. The molecule has 0 N–H and O–H groups in total. The van der Waals surface area contributed by atoms with Crippen molar-refractivity contribution >= 4 is 5.91 Å². The van der Waals surface area contributed by atoms with Crippen molar-refractivity contribution in [3.8, 4) is 17.1 Å². The Kier molecular flexibility index (Phi) is 5.93. The monoisotopic (exact) mass is 383 g/mol. The molecule has 2 aliphatic rings. The molecule has 150 valence electrons. The third-order valence-electron chi connectivity index (χ3n) is 6.10. The Morgan fingerprint density at radius 1 is 1.14 bits per heavy atom. The van der Waals surface area contributed by atoms with E-state index in [4.69, 9.17) is 9.26 Å². The Balaban J connectivity index is 1.38. The van der Waals surface area contributed by atoms with E-state index in [1.807, 2.05) is 29.2 Å². The second-order valence-corrected chi connectivity index (χ2v) is 8.07. The maximum absolute atomic E-state index is 12.8. The highest BCUT2D eigenvalue weighted by Crippen LogP contribution is 2.31. The summed E-state index contributed by atoms with van der Waals surface area (Å²) >= 11 is 0. The zero-order chi connectivity index (χ0) is 19.3. The van der Waals surface area contributed by atoms with Crippen molar-refractivity contribution in [2.75, 3.05) is 20.2 Å². The van der Waals surface area contributed by atoms with E-state index in [0.29, 0.717) is 36.5 Å². The van der Waals surface area contributed by atoms with Gasteiger partial charge < -0.3 is 14.2 Å². The predicted octanol–water partition coefficient (Wildman–Crippen LogP) is 4.42. The molecule has 28 heavy (non-hydrogen) atoms. The molecule has 6 nitrogen and oxygen atoms in total. The summed E-state index contributed by atoms with van der Waals surface area (Å²) in [4.78, 5) is 19.4. The van der Waals surface area contributed by atoms with Gasteiger partial charge in [0.1, 0.15) is 5.75 Å². The van der Waals surface area contributed by atoms with Gasteiger partial charge in [0.05, 0.1) is 13.0 Å². The smallest absolute Gasteiger partial charge is 0.231 e. The van der Waals surface area contributed by atoms with Crippen LogP contribution in [-0.4, -0.2) is 41.1 Å². The van der Waals surface area contributed by atoms with Crippen LogP contribution < -0.4 is 4.74 Å². The minimum absolute atomic E-state index is 0.128. The molecular weight excluding hydrogens is 354 g/mol. The standard InChI is InChI=1S/C22H29N3O3/c1-27-19-11-9-17(10-12-19)21-23-22(28-24-21)18-8-5-13-25(15-18)20(26)14-16-6-3-2-4-7-16/h9-12,16,18H,2-8,13-15H2,1H3. The Morgan fingerprint density at radius 3 is 2.68 bits per heavy atom. The molecule has 1 amide bonds. The fourth-order valence-electron chi connectivity index (χ4n) is 4.43. The van der Waals surface area contributed by atoms with E-state index in [0.717, 1.165) is 30.7 Å². The first-order valence-corrected chi connectivity index (χ1v) is 10.5. The Bertz CT molecular complexity index is 781. The zero-order valence-corrected chi connectivity index (χ0v) is 16.6. The van der Waals surface area contributed by atoms with Crippen molar-refractivity contribution < 1.29 is 14.1 Å². The van der Waals surface area contributed by atoms with Crippen LogP contribution in [0.5, 0.6) is 5.75 Å². The fourth-order valence-corrected chi connectivity index (χ4v) is 4.43. The van der Waals surface area contributed by atoms with Crippen LogP contribution in [0.1, 0.15) is 63.2 Å². The van der Waals surface area contributed by atoms with Gasteiger partial charge in [-0.3, -0.25) is 4.79 Å². The molecule has 1 aliphatic heterocycles. The van der Waals surface area contributed by atoms with Crippen LogP contribution in [0.3, 0.4) is 0 Å². The van der Waals surface area contributed by atoms with Gasteiger partial charge >= 0.3 is 0 Å². The Morgan fingerprint density at radius 2 is 1.93 bits per heavy atom. The number of nitrogens with zero attached hydrogens (tertiary/aromatic N) is 3. The lowest BCUT2D eigenvalue weighted by molar-refractivity contribution is -0.133. The largest absolute Gasteiger partial charge is 0.497 e. The lowest BCUT2D eigenvalue weighted by Gasteiger charge is -2.32.